The van der Waals surface area contributed by atoms with E-state index in [1.54, 1.807) is 24.3 Å². The van der Waals surface area contributed by atoms with Crippen LogP contribution in [0.5, 0.6) is 0 Å². The number of quaternary nitrogens is 1. The lowest BCUT2D eigenvalue weighted by atomic mass is 10.3. The highest BCUT2D eigenvalue weighted by atomic mass is 16.5. The minimum atomic E-state index is -0.506. The van der Waals surface area contributed by atoms with E-state index in [-0.39, 0.29) is 5.69 Å². The molecule has 2 rings (SSSR count). The number of nitrogens with zero attached hydrogens (tertiary/aromatic N) is 4. The molecule has 1 aromatic carbocycles. The molecule has 0 radical (unpaired) electrons. The SMILES string of the molecule is CCN=C=NCCC[N+](C)(C)CCOCCNC(=O)c1nc2ccccc2[nH]c1=O. The van der Waals surface area contributed by atoms with Crippen LogP contribution in [0.4, 0.5) is 0 Å². The predicted octanol–water partition coefficient (Wildman–Crippen LogP) is 1.33. The number of para-hydroxylation sites is 2. The largest absolute Gasteiger partial charge is 0.374 e. The highest BCUT2D eigenvalue weighted by Crippen LogP contribution is 2.05. The monoisotopic (exact) mass is 415 g/mol. The Bertz CT molecular complexity index is 947. The third-order valence-corrected chi connectivity index (χ3v) is 4.52. The van der Waals surface area contributed by atoms with Crippen molar-refractivity contribution in [2.45, 2.75) is 13.3 Å². The van der Waals surface area contributed by atoms with Crippen LogP contribution >= 0.6 is 0 Å². The number of ether oxygens (including phenoxy) is 1. The molecule has 162 valence electrons. The van der Waals surface area contributed by atoms with E-state index >= 15 is 0 Å². The van der Waals surface area contributed by atoms with Gasteiger partial charge in [-0.1, -0.05) is 12.1 Å². The molecule has 1 aromatic heterocycles. The van der Waals surface area contributed by atoms with Crippen LogP contribution in [0.1, 0.15) is 23.8 Å². The topological polar surface area (TPSA) is 109 Å². The number of H-pyrrole nitrogens is 1. The Labute approximate surface area is 176 Å². The number of aromatic nitrogens is 2. The van der Waals surface area contributed by atoms with Gasteiger partial charge in [-0.15, -0.1) is 0 Å². The number of hydrogen-bond acceptors (Lipinski definition) is 6. The minimum absolute atomic E-state index is 0.141. The van der Waals surface area contributed by atoms with Crippen LogP contribution in [0.2, 0.25) is 0 Å². The minimum Gasteiger partial charge on any atom is -0.374 e. The normalized spacial score (nSPS) is 11.2. The maximum Gasteiger partial charge on any atom is 0.280 e. The van der Waals surface area contributed by atoms with E-state index < -0.39 is 11.5 Å². The Kier molecular flexibility index (Phi) is 9.34. The van der Waals surface area contributed by atoms with Crippen LogP contribution in [0.25, 0.3) is 11.0 Å². The van der Waals surface area contributed by atoms with Gasteiger partial charge in [0.15, 0.2) is 5.69 Å². The first-order chi connectivity index (χ1) is 14.4. The molecule has 0 unspecified atom stereocenters. The van der Waals surface area contributed by atoms with E-state index in [2.05, 4.69) is 45.4 Å². The highest BCUT2D eigenvalue weighted by Gasteiger charge is 2.15. The number of likely N-dealkylation sites (N-methyl/N-ethyl adjacent to an activating group) is 1. The lowest BCUT2D eigenvalue weighted by molar-refractivity contribution is -0.890. The van der Waals surface area contributed by atoms with Gasteiger partial charge in [-0.3, -0.25) is 9.59 Å². The van der Waals surface area contributed by atoms with Crippen molar-refractivity contribution >= 4 is 22.9 Å². The maximum absolute atomic E-state index is 12.2. The molecule has 9 heteroatoms. The summed E-state index contributed by atoms with van der Waals surface area (Å²) in [5, 5.41) is 2.68. The molecule has 30 heavy (non-hydrogen) atoms. The van der Waals surface area contributed by atoms with E-state index in [9.17, 15) is 9.59 Å². The van der Waals surface area contributed by atoms with Crippen molar-refractivity contribution in [1.29, 1.82) is 0 Å². The summed E-state index contributed by atoms with van der Waals surface area (Å²) in [5.74, 6) is -0.506. The molecule has 1 heterocycles. The second kappa shape index (κ2) is 12.0. The van der Waals surface area contributed by atoms with Gasteiger partial charge in [0, 0.05) is 19.5 Å². The maximum atomic E-state index is 12.2. The quantitative estimate of drug-likeness (QED) is 0.310. The van der Waals surface area contributed by atoms with Gasteiger partial charge in [0.05, 0.1) is 57.4 Å². The van der Waals surface area contributed by atoms with Gasteiger partial charge in [-0.25, -0.2) is 15.0 Å². The van der Waals surface area contributed by atoms with Crippen molar-refractivity contribution in [2.75, 3.05) is 60.0 Å². The van der Waals surface area contributed by atoms with Gasteiger partial charge in [-0.05, 0) is 19.1 Å². The van der Waals surface area contributed by atoms with Crippen LogP contribution in [0.3, 0.4) is 0 Å². The molecule has 2 N–H and O–H groups in total. The van der Waals surface area contributed by atoms with Crippen molar-refractivity contribution in [3.8, 4) is 0 Å². The van der Waals surface area contributed by atoms with Crippen molar-refractivity contribution in [3.05, 3.63) is 40.3 Å². The molecule has 0 bridgehead atoms. The number of carbonyl (C=O) groups excluding carboxylic acids is 1. The molecule has 0 aliphatic heterocycles. The van der Waals surface area contributed by atoms with Crippen LogP contribution in [-0.2, 0) is 4.74 Å². The van der Waals surface area contributed by atoms with Crippen LogP contribution in [0, 0.1) is 0 Å². The number of fused-ring (bicyclic) bond motifs is 1. The van der Waals surface area contributed by atoms with E-state index in [1.807, 2.05) is 6.92 Å². The number of aliphatic imine (C=N–C) groups is 2. The van der Waals surface area contributed by atoms with E-state index in [4.69, 9.17) is 4.74 Å². The van der Waals surface area contributed by atoms with Gasteiger partial charge < -0.3 is 19.5 Å². The van der Waals surface area contributed by atoms with Crippen molar-refractivity contribution in [1.82, 2.24) is 15.3 Å². The fourth-order valence-electron chi connectivity index (χ4n) is 2.78. The Morgan fingerprint density at radius 1 is 1.23 bits per heavy atom. The summed E-state index contributed by atoms with van der Waals surface area (Å²) >= 11 is 0. The second-order valence-electron chi connectivity index (χ2n) is 7.49. The summed E-state index contributed by atoms with van der Waals surface area (Å²) in [6.45, 7) is 6.48. The Morgan fingerprint density at radius 3 is 2.83 bits per heavy atom. The van der Waals surface area contributed by atoms with Crippen molar-refractivity contribution < 1.29 is 14.0 Å². The highest BCUT2D eigenvalue weighted by molar-refractivity contribution is 5.93. The first kappa shape index (κ1) is 23.4. The summed E-state index contributed by atoms with van der Waals surface area (Å²) in [5.41, 5.74) is 0.528. The van der Waals surface area contributed by atoms with Crippen LogP contribution in [0.15, 0.2) is 39.0 Å². The molecule has 2 aromatic rings. The Morgan fingerprint density at radius 2 is 2.03 bits per heavy atom. The smallest absolute Gasteiger partial charge is 0.280 e. The summed E-state index contributed by atoms with van der Waals surface area (Å²) in [7, 11) is 4.29. The zero-order valence-electron chi connectivity index (χ0n) is 18.0. The molecule has 0 spiro atoms. The van der Waals surface area contributed by atoms with Crippen molar-refractivity contribution in [3.63, 3.8) is 0 Å². The summed E-state index contributed by atoms with van der Waals surface area (Å²) in [6.07, 6.45) is 0.961. The molecular formula is C21H31N6O3+. The summed E-state index contributed by atoms with van der Waals surface area (Å²) in [4.78, 5) is 39.2. The lowest BCUT2D eigenvalue weighted by Crippen LogP contribution is -2.43. The van der Waals surface area contributed by atoms with Crippen LogP contribution in [-0.4, -0.2) is 86.4 Å². The molecule has 0 fully saturated rings. The number of nitrogens with one attached hydrogen (secondary N) is 2. The number of rotatable bonds is 12. The molecule has 0 saturated carbocycles. The van der Waals surface area contributed by atoms with E-state index in [0.717, 1.165) is 30.5 Å². The molecule has 0 aliphatic rings. The van der Waals surface area contributed by atoms with Gasteiger partial charge in [0.25, 0.3) is 11.5 Å². The molecule has 0 atom stereocenters. The van der Waals surface area contributed by atoms with Gasteiger partial charge in [-0.2, -0.15) is 0 Å². The van der Waals surface area contributed by atoms with Crippen molar-refractivity contribution in [2.24, 2.45) is 9.98 Å². The molecular weight excluding hydrogens is 384 g/mol. The summed E-state index contributed by atoms with van der Waals surface area (Å²) in [6, 6.07) is 9.77. The number of carbonyl (C=O) groups is 1. The summed E-state index contributed by atoms with van der Waals surface area (Å²) < 4.78 is 6.45. The Balaban J connectivity index is 1.66. The zero-order chi connectivity index (χ0) is 21.8. The average molecular weight is 416 g/mol. The molecule has 9 nitrogen and oxygen atoms in total. The molecule has 1 amide bonds. The second-order valence-corrected chi connectivity index (χ2v) is 7.49. The number of amides is 1. The molecule has 0 aliphatic carbocycles. The lowest BCUT2D eigenvalue weighted by Gasteiger charge is -2.29. The fraction of sp³-hybridized carbons (Fsp3) is 0.524. The van der Waals surface area contributed by atoms with Gasteiger partial charge in [0.2, 0.25) is 0 Å². The zero-order valence-corrected chi connectivity index (χ0v) is 18.0. The standard InChI is InChI=1S/C21H30N6O3/c1-4-22-16-23-10-7-12-27(2,3)13-15-30-14-11-24-20(28)19-21(29)26-18-9-6-5-8-17(18)25-19/h5-6,8-9H,4,7,10-15H2,1-3H3,(H-,24,26,28,29)/p+1. The number of benzene rings is 1. The molecule has 0 saturated heterocycles. The third-order valence-electron chi connectivity index (χ3n) is 4.52. The predicted molar refractivity (Wildman–Crippen MR) is 117 cm³/mol. The van der Waals surface area contributed by atoms with Gasteiger partial charge >= 0.3 is 0 Å². The van der Waals surface area contributed by atoms with E-state index in [0.29, 0.717) is 37.3 Å². The number of hydrogen-bond donors (Lipinski definition) is 2. The first-order valence-corrected chi connectivity index (χ1v) is 10.2. The third kappa shape index (κ3) is 7.87. The van der Waals surface area contributed by atoms with Crippen LogP contribution < -0.4 is 10.9 Å². The number of aromatic amines is 1. The Hall–Kier alpha value is -2.87. The first-order valence-electron chi connectivity index (χ1n) is 10.2. The average Bonchev–Trinajstić information content (AvgIpc) is 2.72. The fourth-order valence-corrected chi connectivity index (χ4v) is 2.78. The van der Waals surface area contributed by atoms with E-state index in [1.165, 1.54) is 0 Å². The van der Waals surface area contributed by atoms with Gasteiger partial charge in [0.1, 0.15) is 6.54 Å².